The second-order valence-corrected chi connectivity index (χ2v) is 5.44. The molecular weight excluding hydrogens is 208 g/mol. The maximum Gasteiger partial charge on any atom is 0.346 e. The van der Waals surface area contributed by atoms with Gasteiger partial charge in [-0.1, -0.05) is 27.7 Å². The highest BCUT2D eigenvalue weighted by Gasteiger charge is 2.19. The van der Waals surface area contributed by atoms with Crippen LogP contribution in [0.4, 0.5) is 0 Å². The molecule has 0 unspecified atom stereocenters. The molecule has 0 aromatic carbocycles. The van der Waals surface area contributed by atoms with Crippen LogP contribution in [0, 0.1) is 5.92 Å². The lowest BCUT2D eigenvalue weighted by atomic mass is 9.94. The average molecular weight is 226 g/mol. The Hall–Kier alpha value is -0.830. The molecule has 0 fully saturated rings. The first-order valence-electron chi connectivity index (χ1n) is 5.27. The number of hydrogen-bond donors (Lipinski definition) is 1. The van der Waals surface area contributed by atoms with Crippen LogP contribution in [-0.2, 0) is 6.42 Å². The van der Waals surface area contributed by atoms with Gasteiger partial charge < -0.3 is 5.11 Å². The first-order chi connectivity index (χ1) is 6.93. The first-order valence-corrected chi connectivity index (χ1v) is 6.15. The third kappa shape index (κ3) is 2.81. The van der Waals surface area contributed by atoms with E-state index in [1.807, 2.05) is 5.38 Å². The molecule has 15 heavy (non-hydrogen) atoms. The smallest absolute Gasteiger partial charge is 0.346 e. The minimum Gasteiger partial charge on any atom is -0.477 e. The summed E-state index contributed by atoms with van der Waals surface area (Å²) in [7, 11) is 0. The number of carboxylic acid groups (broad SMARTS) is 1. The lowest BCUT2D eigenvalue weighted by molar-refractivity contribution is 0.0700. The highest BCUT2D eigenvalue weighted by molar-refractivity contribution is 7.12. The largest absolute Gasteiger partial charge is 0.477 e. The van der Waals surface area contributed by atoms with E-state index in [1.54, 1.807) is 0 Å². The van der Waals surface area contributed by atoms with Crippen LogP contribution in [-0.4, -0.2) is 11.1 Å². The summed E-state index contributed by atoms with van der Waals surface area (Å²) in [6.07, 6.45) is 0.970. The Morgan fingerprint density at radius 2 is 2.00 bits per heavy atom. The zero-order valence-electron chi connectivity index (χ0n) is 9.70. The van der Waals surface area contributed by atoms with Gasteiger partial charge in [0.05, 0.1) is 0 Å². The van der Waals surface area contributed by atoms with E-state index in [2.05, 4.69) is 27.7 Å². The summed E-state index contributed by atoms with van der Waals surface area (Å²) in [6.45, 7) is 8.42. The van der Waals surface area contributed by atoms with E-state index in [4.69, 9.17) is 5.11 Å². The standard InChI is InChI=1S/C12H18O2S/c1-7(2)5-9-6-15-11(12(13)14)10(9)8(3)4/h6-8H,5H2,1-4H3,(H,13,14). The molecule has 1 N–H and O–H groups in total. The molecule has 0 spiro atoms. The normalized spacial score (nSPS) is 11.3. The third-order valence-corrected chi connectivity index (χ3v) is 3.34. The van der Waals surface area contributed by atoms with Crippen LogP contribution >= 0.6 is 11.3 Å². The SMILES string of the molecule is CC(C)Cc1csc(C(=O)O)c1C(C)C. The number of carbonyl (C=O) groups is 1. The average Bonchev–Trinajstić information content (AvgIpc) is 2.46. The van der Waals surface area contributed by atoms with Crippen molar-refractivity contribution < 1.29 is 9.90 Å². The van der Waals surface area contributed by atoms with E-state index in [9.17, 15) is 4.79 Å². The van der Waals surface area contributed by atoms with Gasteiger partial charge in [-0.2, -0.15) is 0 Å². The molecule has 0 aliphatic rings. The number of aromatic carboxylic acids is 1. The number of rotatable bonds is 4. The second-order valence-electron chi connectivity index (χ2n) is 4.56. The molecule has 84 valence electrons. The molecular formula is C12H18O2S. The molecule has 0 aliphatic heterocycles. The molecule has 1 rings (SSSR count). The monoisotopic (exact) mass is 226 g/mol. The van der Waals surface area contributed by atoms with E-state index in [0.29, 0.717) is 10.8 Å². The first kappa shape index (κ1) is 12.2. The summed E-state index contributed by atoms with van der Waals surface area (Å²) in [5.74, 6) is 0.0635. The third-order valence-electron chi connectivity index (χ3n) is 2.31. The summed E-state index contributed by atoms with van der Waals surface area (Å²) >= 11 is 1.36. The molecule has 0 bridgehead atoms. The molecule has 1 heterocycles. The van der Waals surface area contributed by atoms with Crippen LogP contribution in [0.15, 0.2) is 5.38 Å². The van der Waals surface area contributed by atoms with Crippen LogP contribution < -0.4 is 0 Å². The molecule has 0 saturated carbocycles. The Morgan fingerprint density at radius 3 is 2.40 bits per heavy atom. The Morgan fingerprint density at radius 1 is 1.40 bits per heavy atom. The van der Waals surface area contributed by atoms with Crippen LogP contribution in [0.1, 0.15) is 54.4 Å². The van der Waals surface area contributed by atoms with Crippen molar-refractivity contribution in [3.63, 3.8) is 0 Å². The number of thiophene rings is 1. The van der Waals surface area contributed by atoms with E-state index >= 15 is 0 Å². The lowest BCUT2D eigenvalue weighted by Crippen LogP contribution is -2.03. The molecule has 2 nitrogen and oxygen atoms in total. The quantitative estimate of drug-likeness (QED) is 0.848. The Kier molecular flexibility index (Phi) is 3.91. The van der Waals surface area contributed by atoms with Gasteiger partial charge >= 0.3 is 5.97 Å². The van der Waals surface area contributed by atoms with Gasteiger partial charge in [-0.25, -0.2) is 4.79 Å². The molecule has 1 aromatic rings. The fourth-order valence-corrected chi connectivity index (χ4v) is 2.88. The van der Waals surface area contributed by atoms with Crippen molar-refractivity contribution in [2.45, 2.75) is 40.0 Å². The Labute approximate surface area is 94.9 Å². The van der Waals surface area contributed by atoms with Crippen molar-refractivity contribution in [1.29, 1.82) is 0 Å². The van der Waals surface area contributed by atoms with Gasteiger partial charge in [-0.05, 0) is 34.8 Å². The molecule has 0 atom stereocenters. The number of carboxylic acids is 1. The summed E-state index contributed by atoms with van der Waals surface area (Å²) < 4.78 is 0. The topological polar surface area (TPSA) is 37.3 Å². The lowest BCUT2D eigenvalue weighted by Gasteiger charge is -2.10. The van der Waals surface area contributed by atoms with E-state index in [1.165, 1.54) is 16.9 Å². The Bertz CT molecular complexity index is 351. The zero-order valence-corrected chi connectivity index (χ0v) is 10.5. The fourth-order valence-electron chi connectivity index (χ4n) is 1.80. The summed E-state index contributed by atoms with van der Waals surface area (Å²) in [4.78, 5) is 11.6. The Balaban J connectivity index is 3.12. The predicted octanol–water partition coefficient (Wildman–Crippen LogP) is 3.77. The minimum atomic E-state index is -0.793. The van der Waals surface area contributed by atoms with Gasteiger partial charge in [-0.15, -0.1) is 11.3 Å². The van der Waals surface area contributed by atoms with Crippen LogP contribution in [0.25, 0.3) is 0 Å². The van der Waals surface area contributed by atoms with Crippen molar-refractivity contribution >= 4 is 17.3 Å². The van der Waals surface area contributed by atoms with E-state index < -0.39 is 5.97 Å². The van der Waals surface area contributed by atoms with Gasteiger partial charge in [0, 0.05) is 0 Å². The van der Waals surface area contributed by atoms with Crippen molar-refractivity contribution in [2.24, 2.45) is 5.92 Å². The minimum absolute atomic E-state index is 0.288. The van der Waals surface area contributed by atoms with Gasteiger partial charge in [0.15, 0.2) is 0 Å². The highest BCUT2D eigenvalue weighted by Crippen LogP contribution is 2.31. The molecule has 1 aromatic heterocycles. The molecule has 0 saturated heterocycles. The van der Waals surface area contributed by atoms with Crippen molar-refractivity contribution in [1.82, 2.24) is 0 Å². The van der Waals surface area contributed by atoms with Crippen molar-refractivity contribution in [3.8, 4) is 0 Å². The molecule has 3 heteroatoms. The second kappa shape index (κ2) is 4.79. The van der Waals surface area contributed by atoms with Crippen LogP contribution in [0.5, 0.6) is 0 Å². The molecule has 0 aliphatic carbocycles. The highest BCUT2D eigenvalue weighted by atomic mass is 32.1. The summed E-state index contributed by atoms with van der Waals surface area (Å²) in [5.41, 5.74) is 2.24. The van der Waals surface area contributed by atoms with Crippen LogP contribution in [0.2, 0.25) is 0 Å². The van der Waals surface area contributed by atoms with Crippen molar-refractivity contribution in [2.75, 3.05) is 0 Å². The van der Waals surface area contributed by atoms with Crippen LogP contribution in [0.3, 0.4) is 0 Å². The summed E-state index contributed by atoms with van der Waals surface area (Å²) in [5, 5.41) is 11.1. The zero-order chi connectivity index (χ0) is 11.6. The number of hydrogen-bond acceptors (Lipinski definition) is 2. The van der Waals surface area contributed by atoms with E-state index in [-0.39, 0.29) is 5.92 Å². The van der Waals surface area contributed by atoms with Gasteiger partial charge in [0.1, 0.15) is 4.88 Å². The van der Waals surface area contributed by atoms with Gasteiger partial charge in [-0.3, -0.25) is 0 Å². The maximum atomic E-state index is 11.0. The molecule has 0 amide bonds. The van der Waals surface area contributed by atoms with Gasteiger partial charge in [0.2, 0.25) is 0 Å². The van der Waals surface area contributed by atoms with Crippen molar-refractivity contribution in [3.05, 3.63) is 21.4 Å². The van der Waals surface area contributed by atoms with E-state index in [0.717, 1.165) is 12.0 Å². The summed E-state index contributed by atoms with van der Waals surface area (Å²) in [6, 6.07) is 0. The van der Waals surface area contributed by atoms with Gasteiger partial charge in [0.25, 0.3) is 0 Å². The fraction of sp³-hybridized carbons (Fsp3) is 0.583. The molecule has 0 radical (unpaired) electrons. The predicted molar refractivity (Wildman–Crippen MR) is 63.9 cm³/mol. The maximum absolute atomic E-state index is 11.0.